The van der Waals surface area contributed by atoms with Crippen LogP contribution < -0.4 is 5.32 Å². The molecule has 0 saturated heterocycles. The second-order valence-electron chi connectivity index (χ2n) is 5.59. The van der Waals surface area contributed by atoms with Crippen LogP contribution in [-0.2, 0) is 6.42 Å². The largest absolute Gasteiger partial charge is 0.316 e. The second-order valence-corrected chi connectivity index (χ2v) is 6.91. The van der Waals surface area contributed by atoms with Gasteiger partial charge in [0.1, 0.15) is 0 Å². The van der Waals surface area contributed by atoms with Gasteiger partial charge in [-0.15, -0.1) is 0 Å². The summed E-state index contributed by atoms with van der Waals surface area (Å²) >= 11 is 9.81. The van der Waals surface area contributed by atoms with E-state index in [-0.39, 0.29) is 0 Å². The van der Waals surface area contributed by atoms with Crippen LogP contribution in [0.1, 0.15) is 44.1 Å². The molecule has 0 aromatic heterocycles. The van der Waals surface area contributed by atoms with Gasteiger partial charge >= 0.3 is 0 Å². The monoisotopic (exact) mass is 343 g/mol. The molecular weight excluding hydrogens is 322 g/mol. The summed E-state index contributed by atoms with van der Waals surface area (Å²) in [6, 6.07) is 6.78. The highest BCUT2D eigenvalue weighted by Gasteiger charge is 2.22. The molecular formula is C16H23BrClN. The standard InChI is InChI=1S/C16H23BrClN/c1-19-16(12-6-4-2-3-5-7-12)10-13-8-9-14(17)11-15(13)18/h8-9,11-12,16,19H,2-7,10H2,1H3. The Kier molecular flexibility index (Phi) is 6.18. The van der Waals surface area contributed by atoms with Crippen molar-refractivity contribution in [2.75, 3.05) is 7.05 Å². The zero-order chi connectivity index (χ0) is 13.7. The topological polar surface area (TPSA) is 12.0 Å². The first kappa shape index (κ1) is 15.3. The first-order chi connectivity index (χ1) is 9.20. The Morgan fingerprint density at radius 3 is 2.53 bits per heavy atom. The van der Waals surface area contributed by atoms with Crippen LogP contribution in [-0.4, -0.2) is 13.1 Å². The summed E-state index contributed by atoms with van der Waals surface area (Å²) in [6.07, 6.45) is 9.35. The van der Waals surface area contributed by atoms with Crippen LogP contribution in [0.3, 0.4) is 0 Å². The van der Waals surface area contributed by atoms with Gasteiger partial charge in [0.05, 0.1) is 0 Å². The SMILES string of the molecule is CNC(Cc1ccc(Br)cc1Cl)C1CCCCCC1. The molecule has 0 bridgehead atoms. The third-order valence-corrected chi connectivity index (χ3v) is 5.14. The van der Waals surface area contributed by atoms with Gasteiger partial charge in [-0.05, 0) is 49.9 Å². The van der Waals surface area contributed by atoms with Gasteiger partial charge in [-0.25, -0.2) is 0 Å². The molecule has 0 radical (unpaired) electrons. The van der Waals surface area contributed by atoms with Crippen molar-refractivity contribution in [2.45, 2.75) is 51.0 Å². The van der Waals surface area contributed by atoms with Gasteiger partial charge in [0.25, 0.3) is 0 Å². The van der Waals surface area contributed by atoms with Gasteiger partial charge < -0.3 is 5.32 Å². The molecule has 106 valence electrons. The predicted molar refractivity (Wildman–Crippen MR) is 86.9 cm³/mol. The second kappa shape index (κ2) is 7.66. The minimum atomic E-state index is 0.553. The molecule has 19 heavy (non-hydrogen) atoms. The maximum atomic E-state index is 6.34. The maximum Gasteiger partial charge on any atom is 0.0449 e. The van der Waals surface area contributed by atoms with E-state index in [1.807, 2.05) is 6.07 Å². The lowest BCUT2D eigenvalue weighted by Crippen LogP contribution is -2.35. The van der Waals surface area contributed by atoms with Gasteiger partial charge in [-0.2, -0.15) is 0 Å². The quantitative estimate of drug-likeness (QED) is 0.740. The minimum absolute atomic E-state index is 0.553. The molecule has 1 aromatic carbocycles. The fourth-order valence-electron chi connectivity index (χ4n) is 3.14. The van der Waals surface area contributed by atoms with Crippen LogP contribution in [0.15, 0.2) is 22.7 Å². The summed E-state index contributed by atoms with van der Waals surface area (Å²) in [4.78, 5) is 0. The number of hydrogen-bond acceptors (Lipinski definition) is 1. The first-order valence-corrected chi connectivity index (χ1v) is 8.49. The molecule has 0 amide bonds. The van der Waals surface area contributed by atoms with Gasteiger partial charge in [0.15, 0.2) is 0 Å². The van der Waals surface area contributed by atoms with Crippen LogP contribution in [0.2, 0.25) is 5.02 Å². The Labute approximate surface area is 130 Å². The van der Waals surface area contributed by atoms with Gasteiger partial charge in [0, 0.05) is 15.5 Å². The molecule has 0 spiro atoms. The minimum Gasteiger partial charge on any atom is -0.316 e. The van der Waals surface area contributed by atoms with Crippen LogP contribution >= 0.6 is 27.5 Å². The molecule has 1 unspecified atom stereocenters. The first-order valence-electron chi connectivity index (χ1n) is 7.32. The number of benzene rings is 1. The van der Waals surface area contributed by atoms with Crippen molar-refractivity contribution < 1.29 is 0 Å². The summed E-state index contributed by atoms with van der Waals surface area (Å²) in [5.41, 5.74) is 1.26. The molecule has 1 nitrogen and oxygen atoms in total. The molecule has 1 fully saturated rings. The summed E-state index contributed by atoms with van der Waals surface area (Å²) in [5, 5.41) is 4.40. The van der Waals surface area contributed by atoms with Crippen molar-refractivity contribution in [1.82, 2.24) is 5.32 Å². The lowest BCUT2D eigenvalue weighted by molar-refractivity contribution is 0.332. The average molecular weight is 345 g/mol. The van der Waals surface area contributed by atoms with Crippen molar-refractivity contribution in [2.24, 2.45) is 5.92 Å². The number of halogens is 2. The van der Waals surface area contributed by atoms with Crippen LogP contribution in [0.25, 0.3) is 0 Å². The molecule has 1 aliphatic rings. The summed E-state index contributed by atoms with van der Waals surface area (Å²) in [7, 11) is 2.09. The Balaban J connectivity index is 2.04. The molecule has 1 aliphatic carbocycles. The lowest BCUT2D eigenvalue weighted by Gasteiger charge is -2.26. The molecule has 0 aliphatic heterocycles. The molecule has 0 heterocycles. The third-order valence-electron chi connectivity index (χ3n) is 4.29. The molecule has 1 N–H and O–H groups in total. The van der Waals surface area contributed by atoms with Gasteiger partial charge in [0.2, 0.25) is 0 Å². The van der Waals surface area contributed by atoms with Crippen LogP contribution in [0, 0.1) is 5.92 Å². The van der Waals surface area contributed by atoms with Crippen LogP contribution in [0.5, 0.6) is 0 Å². The number of hydrogen-bond donors (Lipinski definition) is 1. The lowest BCUT2D eigenvalue weighted by atomic mass is 9.88. The molecule has 3 heteroatoms. The van der Waals surface area contributed by atoms with Crippen molar-refractivity contribution in [3.8, 4) is 0 Å². The van der Waals surface area contributed by atoms with E-state index in [1.165, 1.54) is 44.1 Å². The van der Waals surface area contributed by atoms with Gasteiger partial charge in [-0.1, -0.05) is 59.3 Å². The highest BCUT2D eigenvalue weighted by molar-refractivity contribution is 9.10. The zero-order valence-electron chi connectivity index (χ0n) is 11.6. The van der Waals surface area contributed by atoms with Crippen LogP contribution in [0.4, 0.5) is 0 Å². The Bertz CT molecular complexity index is 400. The maximum absolute atomic E-state index is 6.34. The Morgan fingerprint density at radius 2 is 1.95 bits per heavy atom. The molecule has 2 rings (SSSR count). The molecule has 1 atom stereocenters. The van der Waals surface area contributed by atoms with Gasteiger partial charge in [-0.3, -0.25) is 0 Å². The highest BCUT2D eigenvalue weighted by Crippen LogP contribution is 2.29. The van der Waals surface area contributed by atoms with E-state index in [4.69, 9.17) is 11.6 Å². The van der Waals surface area contributed by atoms with Crippen molar-refractivity contribution >= 4 is 27.5 Å². The summed E-state index contributed by atoms with van der Waals surface area (Å²) in [5.74, 6) is 0.798. The number of rotatable bonds is 4. The summed E-state index contributed by atoms with van der Waals surface area (Å²) in [6.45, 7) is 0. The number of likely N-dealkylation sites (N-methyl/N-ethyl adjacent to an activating group) is 1. The fourth-order valence-corrected chi connectivity index (χ4v) is 3.89. The predicted octanol–water partition coefficient (Wildman–Crippen LogP) is 5.20. The normalized spacial score (nSPS) is 19.1. The van der Waals surface area contributed by atoms with E-state index in [0.717, 1.165) is 21.8 Å². The van der Waals surface area contributed by atoms with E-state index >= 15 is 0 Å². The van der Waals surface area contributed by atoms with E-state index in [0.29, 0.717) is 6.04 Å². The molecule has 1 aromatic rings. The van der Waals surface area contributed by atoms with Crippen molar-refractivity contribution in [3.63, 3.8) is 0 Å². The van der Waals surface area contributed by atoms with E-state index < -0.39 is 0 Å². The fraction of sp³-hybridized carbons (Fsp3) is 0.625. The molecule has 1 saturated carbocycles. The van der Waals surface area contributed by atoms with E-state index in [1.54, 1.807) is 0 Å². The highest BCUT2D eigenvalue weighted by atomic mass is 79.9. The Hall–Kier alpha value is -0.0500. The smallest absolute Gasteiger partial charge is 0.0449 e. The Morgan fingerprint density at radius 1 is 1.26 bits per heavy atom. The average Bonchev–Trinajstić information content (AvgIpc) is 2.67. The third kappa shape index (κ3) is 4.47. The zero-order valence-corrected chi connectivity index (χ0v) is 13.9. The van der Waals surface area contributed by atoms with Crippen molar-refractivity contribution in [1.29, 1.82) is 0 Å². The summed E-state index contributed by atoms with van der Waals surface area (Å²) < 4.78 is 1.05. The van der Waals surface area contributed by atoms with E-state index in [2.05, 4.69) is 40.4 Å². The van der Waals surface area contributed by atoms with E-state index in [9.17, 15) is 0 Å². The van der Waals surface area contributed by atoms with Crippen molar-refractivity contribution in [3.05, 3.63) is 33.3 Å². The number of nitrogens with one attached hydrogen (secondary N) is 1.